The van der Waals surface area contributed by atoms with E-state index in [9.17, 15) is 14.0 Å². The van der Waals surface area contributed by atoms with Crippen molar-refractivity contribution in [3.8, 4) is 0 Å². The number of furan rings is 1. The normalized spacial score (nSPS) is 15.9. The molecule has 7 nitrogen and oxygen atoms in total. The maximum Gasteiger partial charge on any atom is 0.313 e. The van der Waals surface area contributed by atoms with Gasteiger partial charge in [0.2, 0.25) is 0 Å². The van der Waals surface area contributed by atoms with E-state index >= 15 is 0 Å². The molecule has 1 aliphatic heterocycles. The number of hydrogen-bond donors (Lipinski definition) is 2. The van der Waals surface area contributed by atoms with Gasteiger partial charge in [-0.2, -0.15) is 0 Å². The molecule has 1 atom stereocenters. The van der Waals surface area contributed by atoms with Crippen LogP contribution in [0.1, 0.15) is 11.8 Å². The first-order chi connectivity index (χ1) is 13.0. The number of anilines is 1. The SMILES string of the molecule is O=C(NCC(c1ccco1)N1CCOCC1)C(=O)Nc1ccc(F)c(Cl)c1. The number of nitrogens with one attached hydrogen (secondary N) is 2. The molecule has 0 aliphatic carbocycles. The molecule has 0 saturated carbocycles. The summed E-state index contributed by atoms with van der Waals surface area (Å²) in [6, 6.07) is 7.07. The van der Waals surface area contributed by atoms with Gasteiger partial charge in [0, 0.05) is 25.3 Å². The molecule has 0 spiro atoms. The Morgan fingerprint density at radius 3 is 2.67 bits per heavy atom. The van der Waals surface area contributed by atoms with Crippen LogP contribution in [0.15, 0.2) is 41.0 Å². The quantitative estimate of drug-likeness (QED) is 0.758. The van der Waals surface area contributed by atoms with Gasteiger partial charge in [0.05, 0.1) is 30.5 Å². The van der Waals surface area contributed by atoms with Crippen molar-refractivity contribution in [1.29, 1.82) is 0 Å². The van der Waals surface area contributed by atoms with Gasteiger partial charge in [0.15, 0.2) is 0 Å². The average Bonchev–Trinajstić information content (AvgIpc) is 3.20. The molecule has 144 valence electrons. The number of carbonyl (C=O) groups is 2. The number of halogens is 2. The molecule has 9 heteroatoms. The number of rotatable bonds is 5. The van der Waals surface area contributed by atoms with E-state index < -0.39 is 17.6 Å². The fourth-order valence-electron chi connectivity index (χ4n) is 2.81. The molecule has 27 heavy (non-hydrogen) atoms. The largest absolute Gasteiger partial charge is 0.468 e. The number of benzene rings is 1. The summed E-state index contributed by atoms with van der Waals surface area (Å²) in [5, 5.41) is 4.86. The standard InChI is InChI=1S/C18H19ClFN3O4/c19-13-10-12(3-4-14(13)20)22-18(25)17(24)21-11-15(16-2-1-7-27-16)23-5-8-26-9-6-23/h1-4,7,10,15H,5-6,8-9,11H2,(H,21,24)(H,22,25). The fraction of sp³-hybridized carbons (Fsp3) is 0.333. The second-order valence-corrected chi connectivity index (χ2v) is 6.38. The highest BCUT2D eigenvalue weighted by atomic mass is 35.5. The van der Waals surface area contributed by atoms with Gasteiger partial charge in [0.25, 0.3) is 0 Å². The van der Waals surface area contributed by atoms with Crippen molar-refractivity contribution >= 4 is 29.1 Å². The Morgan fingerprint density at radius 1 is 1.22 bits per heavy atom. The highest BCUT2D eigenvalue weighted by Crippen LogP contribution is 2.22. The van der Waals surface area contributed by atoms with Crippen LogP contribution in [-0.2, 0) is 14.3 Å². The zero-order valence-electron chi connectivity index (χ0n) is 14.4. The molecule has 2 N–H and O–H groups in total. The Hall–Kier alpha value is -2.42. The predicted octanol–water partition coefficient (Wildman–Crippen LogP) is 2.20. The van der Waals surface area contributed by atoms with Crippen molar-refractivity contribution in [2.45, 2.75) is 6.04 Å². The number of nitrogens with zero attached hydrogens (tertiary/aromatic N) is 1. The summed E-state index contributed by atoms with van der Waals surface area (Å²) >= 11 is 5.67. The Balaban J connectivity index is 1.59. The van der Waals surface area contributed by atoms with Crippen molar-refractivity contribution in [3.05, 3.63) is 53.2 Å². The average molecular weight is 396 g/mol. The molecule has 1 saturated heterocycles. The van der Waals surface area contributed by atoms with E-state index in [2.05, 4.69) is 15.5 Å². The number of hydrogen-bond acceptors (Lipinski definition) is 5. The summed E-state index contributed by atoms with van der Waals surface area (Å²) in [4.78, 5) is 26.3. The van der Waals surface area contributed by atoms with Crippen LogP contribution in [0.2, 0.25) is 5.02 Å². The minimum absolute atomic E-state index is 0.140. The lowest BCUT2D eigenvalue weighted by Gasteiger charge is -2.33. The van der Waals surface area contributed by atoms with Crippen LogP contribution in [-0.4, -0.2) is 49.6 Å². The molecule has 2 amide bonds. The fourth-order valence-corrected chi connectivity index (χ4v) is 2.99. The zero-order chi connectivity index (χ0) is 19.2. The lowest BCUT2D eigenvalue weighted by molar-refractivity contribution is -0.136. The summed E-state index contributed by atoms with van der Waals surface area (Å²) in [5.41, 5.74) is 0.234. The van der Waals surface area contributed by atoms with Gasteiger partial charge < -0.3 is 19.8 Å². The van der Waals surface area contributed by atoms with Crippen LogP contribution in [0, 0.1) is 5.82 Å². The summed E-state index contributed by atoms with van der Waals surface area (Å²) < 4.78 is 24.0. The second-order valence-electron chi connectivity index (χ2n) is 5.97. The first-order valence-corrected chi connectivity index (χ1v) is 8.82. The molecule has 0 radical (unpaired) electrons. The third kappa shape index (κ3) is 5.06. The molecule has 1 fully saturated rings. The molecule has 2 heterocycles. The number of ether oxygens (including phenoxy) is 1. The van der Waals surface area contributed by atoms with Crippen LogP contribution in [0.4, 0.5) is 10.1 Å². The van der Waals surface area contributed by atoms with E-state index in [1.54, 1.807) is 12.3 Å². The molecule has 0 bridgehead atoms. The van der Waals surface area contributed by atoms with Gasteiger partial charge in [-0.15, -0.1) is 0 Å². The summed E-state index contributed by atoms with van der Waals surface area (Å²) in [5.74, 6) is -1.58. The van der Waals surface area contributed by atoms with Crippen LogP contribution in [0.3, 0.4) is 0 Å². The van der Waals surface area contributed by atoms with Crippen molar-refractivity contribution in [2.75, 3.05) is 38.2 Å². The van der Waals surface area contributed by atoms with Crippen LogP contribution in [0.25, 0.3) is 0 Å². The predicted molar refractivity (Wildman–Crippen MR) is 96.9 cm³/mol. The van der Waals surface area contributed by atoms with Crippen LogP contribution in [0.5, 0.6) is 0 Å². The summed E-state index contributed by atoms with van der Waals surface area (Å²) in [7, 11) is 0. The molecule has 3 rings (SSSR count). The highest BCUT2D eigenvalue weighted by molar-refractivity contribution is 6.39. The lowest BCUT2D eigenvalue weighted by atomic mass is 10.1. The minimum Gasteiger partial charge on any atom is -0.468 e. The van der Waals surface area contributed by atoms with E-state index in [0.717, 1.165) is 6.07 Å². The van der Waals surface area contributed by atoms with Crippen molar-refractivity contribution in [3.63, 3.8) is 0 Å². The van der Waals surface area contributed by atoms with Crippen molar-refractivity contribution in [2.24, 2.45) is 0 Å². The summed E-state index contributed by atoms with van der Waals surface area (Å²) in [6.07, 6.45) is 1.57. The Labute approximate surface area is 160 Å². The van der Waals surface area contributed by atoms with E-state index in [4.69, 9.17) is 20.8 Å². The number of carbonyl (C=O) groups excluding carboxylic acids is 2. The van der Waals surface area contributed by atoms with E-state index in [1.807, 2.05) is 6.07 Å². The van der Waals surface area contributed by atoms with Crippen molar-refractivity contribution < 1.29 is 23.1 Å². The van der Waals surface area contributed by atoms with Crippen molar-refractivity contribution in [1.82, 2.24) is 10.2 Å². The maximum absolute atomic E-state index is 13.2. The molecular formula is C18H19ClFN3O4. The second kappa shape index (κ2) is 8.98. The Morgan fingerprint density at radius 2 is 2.00 bits per heavy atom. The molecular weight excluding hydrogens is 377 g/mol. The topological polar surface area (TPSA) is 83.8 Å². The van der Waals surface area contributed by atoms with Crippen LogP contribution >= 0.6 is 11.6 Å². The highest BCUT2D eigenvalue weighted by Gasteiger charge is 2.26. The zero-order valence-corrected chi connectivity index (χ0v) is 15.2. The molecule has 1 aromatic heterocycles. The van der Waals surface area contributed by atoms with Crippen LogP contribution < -0.4 is 10.6 Å². The lowest BCUT2D eigenvalue weighted by Crippen LogP contribution is -2.45. The first-order valence-electron chi connectivity index (χ1n) is 8.44. The molecule has 1 aromatic carbocycles. The van der Waals surface area contributed by atoms with Gasteiger partial charge in [-0.25, -0.2) is 4.39 Å². The van der Waals surface area contributed by atoms with Gasteiger partial charge >= 0.3 is 11.8 Å². The molecule has 1 unspecified atom stereocenters. The van der Waals surface area contributed by atoms with Gasteiger partial charge in [-0.3, -0.25) is 14.5 Å². The number of amides is 2. The third-order valence-corrected chi connectivity index (χ3v) is 4.49. The monoisotopic (exact) mass is 395 g/mol. The van der Waals surface area contributed by atoms with E-state index in [1.165, 1.54) is 12.1 Å². The minimum atomic E-state index is -0.863. The Bertz CT molecular complexity index is 794. The van der Waals surface area contributed by atoms with E-state index in [0.29, 0.717) is 32.1 Å². The third-order valence-electron chi connectivity index (χ3n) is 4.20. The maximum atomic E-state index is 13.2. The van der Waals surface area contributed by atoms with E-state index in [-0.39, 0.29) is 23.3 Å². The number of morpholine rings is 1. The van der Waals surface area contributed by atoms with Gasteiger partial charge in [0.1, 0.15) is 11.6 Å². The first kappa shape index (κ1) is 19.3. The summed E-state index contributed by atoms with van der Waals surface area (Å²) in [6.45, 7) is 2.78. The van der Waals surface area contributed by atoms with Gasteiger partial charge in [-0.05, 0) is 30.3 Å². The molecule has 2 aromatic rings. The molecule has 1 aliphatic rings. The smallest absolute Gasteiger partial charge is 0.313 e. The Kier molecular flexibility index (Phi) is 6.44. The van der Waals surface area contributed by atoms with Gasteiger partial charge in [-0.1, -0.05) is 11.6 Å².